The maximum atomic E-state index is 10.7. The van der Waals surface area contributed by atoms with Crippen molar-refractivity contribution < 1.29 is 19.3 Å². The molecule has 3 rings (SSSR count). The number of aliphatic hydroxyl groups excluding tert-OH is 1. The van der Waals surface area contributed by atoms with Crippen LogP contribution < -0.4 is 0 Å². The number of aliphatic hydroxyl groups is 1. The van der Waals surface area contributed by atoms with Gasteiger partial charge in [0, 0.05) is 17.5 Å². The quantitative estimate of drug-likeness (QED) is 0.929. The van der Waals surface area contributed by atoms with Gasteiger partial charge in [-0.2, -0.15) is 0 Å². The Morgan fingerprint density at radius 3 is 2.67 bits per heavy atom. The minimum absolute atomic E-state index is 0.0337. The van der Waals surface area contributed by atoms with E-state index in [9.17, 15) is 5.11 Å². The lowest BCUT2D eigenvalue weighted by atomic mass is 9.87. The van der Waals surface area contributed by atoms with Crippen LogP contribution in [0.2, 0.25) is 0 Å². The molecule has 0 amide bonds. The Kier molecular flexibility index (Phi) is 3.86. The lowest BCUT2D eigenvalue weighted by Gasteiger charge is -2.27. The summed E-state index contributed by atoms with van der Waals surface area (Å²) in [4.78, 5) is 4.24. The summed E-state index contributed by atoms with van der Waals surface area (Å²) in [5.74, 6) is -0.620. The molecule has 2 aliphatic rings. The van der Waals surface area contributed by atoms with Crippen LogP contribution in [0.5, 0.6) is 0 Å². The summed E-state index contributed by atoms with van der Waals surface area (Å²) in [6, 6.07) is 0. The highest BCUT2D eigenvalue weighted by Crippen LogP contribution is 2.45. The molecule has 3 heterocycles. The molecule has 2 saturated heterocycles. The summed E-state index contributed by atoms with van der Waals surface area (Å²) in [7, 11) is 0. The molecule has 1 aromatic rings. The van der Waals surface area contributed by atoms with E-state index in [1.807, 2.05) is 19.2 Å². The minimum atomic E-state index is -0.621. The first kappa shape index (κ1) is 15.4. The van der Waals surface area contributed by atoms with E-state index in [2.05, 4.69) is 18.8 Å². The monoisotopic (exact) mass is 313 g/mol. The fourth-order valence-corrected chi connectivity index (χ4v) is 3.97. The van der Waals surface area contributed by atoms with Crippen LogP contribution in [0.25, 0.3) is 0 Å². The normalized spacial score (nSPS) is 36.0. The average Bonchev–Trinajstić information content (AvgIpc) is 3.06. The Balaban J connectivity index is 1.80. The van der Waals surface area contributed by atoms with Crippen LogP contribution >= 0.6 is 11.3 Å². The van der Waals surface area contributed by atoms with Crippen LogP contribution in [0.4, 0.5) is 0 Å². The van der Waals surface area contributed by atoms with Gasteiger partial charge in [0.2, 0.25) is 0 Å². The van der Waals surface area contributed by atoms with Crippen LogP contribution in [0.15, 0.2) is 11.6 Å². The summed E-state index contributed by atoms with van der Waals surface area (Å²) >= 11 is 1.47. The Labute approximate surface area is 129 Å². The number of ether oxygens (including phenoxy) is 3. The zero-order valence-electron chi connectivity index (χ0n) is 12.9. The predicted octanol–water partition coefficient (Wildman–Crippen LogP) is 2.51. The van der Waals surface area contributed by atoms with Gasteiger partial charge < -0.3 is 19.3 Å². The summed E-state index contributed by atoms with van der Waals surface area (Å²) in [6.45, 7) is 8.40. The molecule has 2 aliphatic heterocycles. The largest absolute Gasteiger partial charge is 0.386 e. The first-order valence-electron chi connectivity index (χ1n) is 7.34. The summed E-state index contributed by atoms with van der Waals surface area (Å²) < 4.78 is 17.8. The molecule has 0 bridgehead atoms. The fraction of sp³-hybridized carbons (Fsp3) is 0.800. The second-order valence-corrected chi connectivity index (χ2v) is 7.82. The molecule has 1 unspecified atom stereocenters. The molecule has 0 spiro atoms. The third-order valence-electron chi connectivity index (χ3n) is 4.11. The standard InChI is InChI=1S/C15H23NO4S/c1-14(2)7-9(11(17)13-16-5-6-21-13)12(20-14)10-8-18-15(3,4)19-10/h5-6,9-12,17H,7-8H2,1-4H3/t9-,10?,11+,12+/m1/s1. The maximum absolute atomic E-state index is 10.7. The van der Waals surface area contributed by atoms with Crippen LogP contribution in [-0.2, 0) is 14.2 Å². The van der Waals surface area contributed by atoms with Gasteiger partial charge in [-0.15, -0.1) is 11.3 Å². The first-order valence-corrected chi connectivity index (χ1v) is 8.22. The van der Waals surface area contributed by atoms with Crippen molar-refractivity contribution in [1.29, 1.82) is 0 Å². The molecule has 5 nitrogen and oxygen atoms in total. The van der Waals surface area contributed by atoms with Gasteiger partial charge in [-0.1, -0.05) is 0 Å². The van der Waals surface area contributed by atoms with Gasteiger partial charge in [-0.05, 0) is 34.1 Å². The Bertz CT molecular complexity index is 488. The zero-order valence-corrected chi connectivity index (χ0v) is 13.7. The van der Waals surface area contributed by atoms with Gasteiger partial charge in [0.25, 0.3) is 0 Å². The Hall–Kier alpha value is -0.530. The average molecular weight is 313 g/mol. The van der Waals surface area contributed by atoms with Gasteiger partial charge in [0.05, 0.1) is 18.3 Å². The molecular weight excluding hydrogens is 290 g/mol. The lowest BCUT2D eigenvalue weighted by Crippen LogP contribution is -2.37. The van der Waals surface area contributed by atoms with Gasteiger partial charge in [0.15, 0.2) is 5.79 Å². The zero-order chi connectivity index (χ0) is 15.3. The van der Waals surface area contributed by atoms with E-state index in [0.717, 1.165) is 11.4 Å². The molecule has 1 aromatic heterocycles. The molecule has 21 heavy (non-hydrogen) atoms. The second kappa shape index (κ2) is 5.28. The van der Waals surface area contributed by atoms with E-state index >= 15 is 0 Å². The minimum Gasteiger partial charge on any atom is -0.386 e. The lowest BCUT2D eigenvalue weighted by molar-refractivity contribution is -0.166. The fourth-order valence-electron chi connectivity index (χ4n) is 3.27. The summed E-state index contributed by atoms with van der Waals surface area (Å²) in [5, 5.41) is 13.3. The number of hydrogen-bond donors (Lipinski definition) is 1. The van der Waals surface area contributed by atoms with E-state index < -0.39 is 11.9 Å². The molecule has 6 heteroatoms. The molecule has 0 aromatic carbocycles. The van der Waals surface area contributed by atoms with Crippen LogP contribution in [0.3, 0.4) is 0 Å². The van der Waals surface area contributed by atoms with Crippen molar-refractivity contribution in [2.24, 2.45) is 5.92 Å². The van der Waals surface area contributed by atoms with Crippen molar-refractivity contribution in [3.63, 3.8) is 0 Å². The first-order chi connectivity index (χ1) is 9.77. The predicted molar refractivity (Wildman–Crippen MR) is 79.0 cm³/mol. The van der Waals surface area contributed by atoms with Gasteiger partial charge in [0.1, 0.15) is 17.2 Å². The highest BCUT2D eigenvalue weighted by atomic mass is 32.1. The molecule has 1 N–H and O–H groups in total. The van der Waals surface area contributed by atoms with Crippen molar-refractivity contribution in [2.75, 3.05) is 6.61 Å². The highest BCUT2D eigenvalue weighted by molar-refractivity contribution is 7.09. The van der Waals surface area contributed by atoms with E-state index in [1.54, 1.807) is 6.20 Å². The molecule has 118 valence electrons. The Morgan fingerprint density at radius 1 is 1.33 bits per heavy atom. The SMILES string of the molecule is CC1(C)C[C@H]([C@H](O)c2nccs2)[C@@H](C2COC(C)(C)O2)O1. The number of hydrogen-bond acceptors (Lipinski definition) is 6. The van der Waals surface area contributed by atoms with Crippen molar-refractivity contribution in [2.45, 2.75) is 63.8 Å². The van der Waals surface area contributed by atoms with E-state index in [1.165, 1.54) is 11.3 Å². The van der Waals surface area contributed by atoms with E-state index in [4.69, 9.17) is 14.2 Å². The molecule has 4 atom stereocenters. The van der Waals surface area contributed by atoms with Crippen LogP contribution in [0, 0.1) is 5.92 Å². The molecule has 0 aliphatic carbocycles. The van der Waals surface area contributed by atoms with Gasteiger partial charge >= 0.3 is 0 Å². The number of nitrogens with zero attached hydrogens (tertiary/aromatic N) is 1. The van der Waals surface area contributed by atoms with Crippen molar-refractivity contribution in [1.82, 2.24) is 4.98 Å². The van der Waals surface area contributed by atoms with Crippen molar-refractivity contribution >= 4 is 11.3 Å². The number of aromatic nitrogens is 1. The van der Waals surface area contributed by atoms with Gasteiger partial charge in [-0.3, -0.25) is 0 Å². The van der Waals surface area contributed by atoms with E-state index in [-0.39, 0.29) is 23.7 Å². The van der Waals surface area contributed by atoms with Crippen LogP contribution in [-0.4, -0.2) is 40.3 Å². The molecular formula is C15H23NO4S. The smallest absolute Gasteiger partial charge is 0.163 e. The third-order valence-corrected chi connectivity index (χ3v) is 4.96. The maximum Gasteiger partial charge on any atom is 0.163 e. The van der Waals surface area contributed by atoms with Crippen LogP contribution in [0.1, 0.15) is 45.2 Å². The van der Waals surface area contributed by atoms with Crippen molar-refractivity contribution in [3.05, 3.63) is 16.6 Å². The number of rotatable bonds is 3. The molecule has 2 fully saturated rings. The highest BCUT2D eigenvalue weighted by Gasteiger charge is 2.51. The topological polar surface area (TPSA) is 60.8 Å². The molecule has 0 saturated carbocycles. The van der Waals surface area contributed by atoms with E-state index in [0.29, 0.717) is 6.61 Å². The third kappa shape index (κ3) is 3.14. The molecule has 0 radical (unpaired) electrons. The summed E-state index contributed by atoms with van der Waals surface area (Å²) in [5.41, 5.74) is -0.274. The second-order valence-electron chi connectivity index (χ2n) is 6.89. The van der Waals surface area contributed by atoms with Gasteiger partial charge in [-0.25, -0.2) is 4.98 Å². The number of thiazole rings is 1. The Morgan fingerprint density at radius 2 is 2.10 bits per heavy atom. The summed E-state index contributed by atoms with van der Waals surface area (Å²) in [6.07, 6.45) is 1.54. The van der Waals surface area contributed by atoms with Crippen molar-refractivity contribution in [3.8, 4) is 0 Å².